The summed E-state index contributed by atoms with van der Waals surface area (Å²) in [5.74, 6) is 0.0386. The molecule has 1 N–H and O–H groups in total. The molecule has 7 heteroatoms. The minimum Gasteiger partial charge on any atom is -0.394 e. The van der Waals surface area contributed by atoms with E-state index in [0.717, 1.165) is 0 Å². The Bertz CT molecular complexity index is 790. The van der Waals surface area contributed by atoms with Crippen molar-refractivity contribution in [1.82, 2.24) is 14.5 Å². The fraction of sp³-hybridized carbons (Fsp3) is 0.588. The van der Waals surface area contributed by atoms with Crippen LogP contribution in [0, 0.1) is 12.8 Å². The highest BCUT2D eigenvalue weighted by atomic mass is 32.1. The van der Waals surface area contributed by atoms with Gasteiger partial charge in [0.2, 0.25) is 0 Å². The van der Waals surface area contributed by atoms with Gasteiger partial charge >= 0.3 is 0 Å². The van der Waals surface area contributed by atoms with Crippen molar-refractivity contribution in [2.75, 3.05) is 19.7 Å². The summed E-state index contributed by atoms with van der Waals surface area (Å²) in [6.07, 6.45) is 1.48. The van der Waals surface area contributed by atoms with Crippen molar-refractivity contribution in [2.45, 2.75) is 40.7 Å². The molecule has 1 unspecified atom stereocenters. The number of aliphatic hydroxyl groups is 1. The van der Waals surface area contributed by atoms with E-state index in [1.807, 2.05) is 27.7 Å². The van der Waals surface area contributed by atoms with E-state index in [9.17, 15) is 14.7 Å². The van der Waals surface area contributed by atoms with Crippen molar-refractivity contribution in [3.63, 3.8) is 0 Å². The van der Waals surface area contributed by atoms with E-state index in [0.29, 0.717) is 33.7 Å². The maximum atomic E-state index is 12.9. The van der Waals surface area contributed by atoms with Gasteiger partial charge in [0, 0.05) is 13.1 Å². The van der Waals surface area contributed by atoms with Gasteiger partial charge in [0.1, 0.15) is 4.83 Å². The van der Waals surface area contributed by atoms with Crippen LogP contribution in [0.15, 0.2) is 11.1 Å². The second kappa shape index (κ2) is 7.44. The second-order valence-corrected chi connectivity index (χ2v) is 7.16. The molecule has 2 aromatic rings. The number of fused-ring (bicyclic) bond motifs is 1. The first-order valence-electron chi connectivity index (χ1n) is 8.27. The number of carbonyl (C=O) groups is 1. The van der Waals surface area contributed by atoms with E-state index in [-0.39, 0.29) is 30.0 Å². The minimum absolute atomic E-state index is 0.0611. The fourth-order valence-corrected chi connectivity index (χ4v) is 3.96. The Morgan fingerprint density at radius 3 is 2.50 bits per heavy atom. The SMILES string of the molecule is CCN(CC)C(=O)c1sc2ncn(C(CO)C(C)C)c(=O)c2c1C. The van der Waals surface area contributed by atoms with Crippen LogP contribution < -0.4 is 5.56 Å². The van der Waals surface area contributed by atoms with E-state index >= 15 is 0 Å². The van der Waals surface area contributed by atoms with E-state index in [1.165, 1.54) is 22.2 Å². The zero-order valence-electron chi connectivity index (χ0n) is 14.9. The third-order valence-corrected chi connectivity index (χ3v) is 5.62. The summed E-state index contributed by atoms with van der Waals surface area (Å²) in [5, 5.41) is 10.1. The summed E-state index contributed by atoms with van der Waals surface area (Å²) in [6, 6.07) is -0.323. The second-order valence-electron chi connectivity index (χ2n) is 6.16. The van der Waals surface area contributed by atoms with Gasteiger partial charge in [-0.25, -0.2) is 4.98 Å². The standard InChI is InChI=1S/C17H25N3O3S/c1-6-19(7-2)17(23)14-11(5)13-15(24-14)18-9-20(16(13)22)12(8-21)10(3)4/h9-10,12,21H,6-8H2,1-5H3. The molecule has 2 rings (SSSR count). The first-order valence-corrected chi connectivity index (χ1v) is 9.09. The molecule has 0 aliphatic rings. The van der Waals surface area contributed by atoms with Gasteiger partial charge in [-0.15, -0.1) is 11.3 Å². The van der Waals surface area contributed by atoms with Crippen LogP contribution in [0.4, 0.5) is 0 Å². The summed E-state index contributed by atoms with van der Waals surface area (Å²) in [4.78, 5) is 32.8. The van der Waals surface area contributed by atoms with E-state index in [4.69, 9.17) is 0 Å². The zero-order valence-corrected chi connectivity index (χ0v) is 15.7. The van der Waals surface area contributed by atoms with Gasteiger partial charge in [-0.05, 0) is 32.3 Å². The molecule has 2 aromatic heterocycles. The van der Waals surface area contributed by atoms with E-state index in [2.05, 4.69) is 4.98 Å². The molecule has 24 heavy (non-hydrogen) atoms. The molecular weight excluding hydrogens is 326 g/mol. The van der Waals surface area contributed by atoms with E-state index in [1.54, 1.807) is 11.8 Å². The molecule has 0 spiro atoms. The highest BCUT2D eigenvalue weighted by Gasteiger charge is 2.24. The molecule has 132 valence electrons. The van der Waals surface area contributed by atoms with Gasteiger partial charge in [-0.3, -0.25) is 14.2 Å². The number of hydrogen-bond acceptors (Lipinski definition) is 5. The van der Waals surface area contributed by atoms with E-state index < -0.39 is 0 Å². The Labute approximate surface area is 145 Å². The maximum absolute atomic E-state index is 12.9. The summed E-state index contributed by atoms with van der Waals surface area (Å²) >= 11 is 1.26. The quantitative estimate of drug-likeness (QED) is 0.867. The smallest absolute Gasteiger partial charge is 0.264 e. The van der Waals surface area contributed by atoms with Crippen molar-refractivity contribution in [1.29, 1.82) is 0 Å². The fourth-order valence-electron chi connectivity index (χ4n) is 2.85. The van der Waals surface area contributed by atoms with Gasteiger partial charge in [0.05, 0.1) is 29.2 Å². The highest BCUT2D eigenvalue weighted by Crippen LogP contribution is 2.28. The van der Waals surface area contributed by atoms with Crippen molar-refractivity contribution in [2.24, 2.45) is 5.92 Å². The predicted octanol–water partition coefficient (Wildman–Crippen LogP) is 2.44. The number of nitrogens with zero attached hydrogens (tertiary/aromatic N) is 3. The number of aromatic nitrogens is 2. The lowest BCUT2D eigenvalue weighted by Crippen LogP contribution is -2.31. The van der Waals surface area contributed by atoms with Crippen LogP contribution in [0.2, 0.25) is 0 Å². The Morgan fingerprint density at radius 2 is 2.00 bits per heavy atom. The Balaban J connectivity index is 2.63. The predicted molar refractivity (Wildman–Crippen MR) is 96.8 cm³/mol. The van der Waals surface area contributed by atoms with Crippen LogP contribution in [-0.4, -0.2) is 45.2 Å². The Morgan fingerprint density at radius 1 is 1.38 bits per heavy atom. The number of aryl methyl sites for hydroxylation is 1. The monoisotopic (exact) mass is 351 g/mol. The highest BCUT2D eigenvalue weighted by molar-refractivity contribution is 7.20. The first-order chi connectivity index (χ1) is 11.4. The van der Waals surface area contributed by atoms with Crippen LogP contribution in [0.1, 0.15) is 49.0 Å². The van der Waals surface area contributed by atoms with Crippen molar-refractivity contribution >= 4 is 27.5 Å². The van der Waals surface area contributed by atoms with Crippen LogP contribution in [0.25, 0.3) is 10.2 Å². The van der Waals surface area contributed by atoms with Crippen molar-refractivity contribution in [3.8, 4) is 0 Å². The number of thiophene rings is 1. The topological polar surface area (TPSA) is 75.4 Å². The largest absolute Gasteiger partial charge is 0.394 e. The van der Waals surface area contributed by atoms with Crippen molar-refractivity contribution in [3.05, 3.63) is 27.1 Å². The maximum Gasteiger partial charge on any atom is 0.264 e. The molecular formula is C17H25N3O3S. The van der Waals surface area contributed by atoms with Gasteiger partial charge in [-0.2, -0.15) is 0 Å². The van der Waals surface area contributed by atoms with Gasteiger partial charge in [0.15, 0.2) is 0 Å². The summed E-state index contributed by atoms with van der Waals surface area (Å²) < 4.78 is 1.48. The van der Waals surface area contributed by atoms with Crippen LogP contribution >= 0.6 is 11.3 Å². The molecule has 1 atom stereocenters. The third-order valence-electron chi connectivity index (χ3n) is 4.43. The summed E-state index contributed by atoms with van der Waals surface area (Å²) in [7, 11) is 0. The lowest BCUT2D eigenvalue weighted by molar-refractivity contribution is 0.0777. The minimum atomic E-state index is -0.323. The Hall–Kier alpha value is -1.73. The lowest BCUT2D eigenvalue weighted by Gasteiger charge is -2.20. The molecule has 0 aliphatic carbocycles. The number of amides is 1. The van der Waals surface area contributed by atoms with Gasteiger partial charge in [0.25, 0.3) is 11.5 Å². The van der Waals surface area contributed by atoms with Crippen LogP contribution in [-0.2, 0) is 0 Å². The summed E-state index contributed by atoms with van der Waals surface area (Å²) in [6.45, 7) is 10.7. The number of aliphatic hydroxyl groups excluding tert-OH is 1. The molecule has 0 saturated heterocycles. The molecule has 0 fully saturated rings. The molecule has 2 heterocycles. The van der Waals surface area contributed by atoms with Gasteiger partial charge < -0.3 is 10.0 Å². The van der Waals surface area contributed by atoms with Crippen molar-refractivity contribution < 1.29 is 9.90 Å². The zero-order chi connectivity index (χ0) is 18.0. The average molecular weight is 351 g/mol. The number of carbonyl (C=O) groups excluding carboxylic acids is 1. The molecule has 1 amide bonds. The van der Waals surface area contributed by atoms with Gasteiger partial charge in [-0.1, -0.05) is 13.8 Å². The first kappa shape index (κ1) is 18.6. The molecule has 0 aliphatic heterocycles. The average Bonchev–Trinajstić information content (AvgIpc) is 2.88. The summed E-state index contributed by atoms with van der Waals surface area (Å²) in [5.41, 5.74) is 0.485. The molecule has 0 radical (unpaired) electrons. The lowest BCUT2D eigenvalue weighted by atomic mass is 10.1. The molecule has 0 bridgehead atoms. The molecule has 0 aromatic carbocycles. The molecule has 6 nitrogen and oxygen atoms in total. The van der Waals surface area contributed by atoms with Crippen LogP contribution in [0.3, 0.4) is 0 Å². The number of hydrogen-bond donors (Lipinski definition) is 1. The normalized spacial score (nSPS) is 12.8. The Kier molecular flexibility index (Phi) is 5.77. The third kappa shape index (κ3) is 3.10. The van der Waals surface area contributed by atoms with Crippen LogP contribution in [0.5, 0.6) is 0 Å². The molecule has 0 saturated carbocycles. The number of rotatable bonds is 6.